The first-order valence-corrected chi connectivity index (χ1v) is 5.66. The summed E-state index contributed by atoms with van der Waals surface area (Å²) in [5, 5.41) is 0.160. The molecule has 0 bridgehead atoms. The lowest BCUT2D eigenvalue weighted by Crippen LogP contribution is -2.12. The summed E-state index contributed by atoms with van der Waals surface area (Å²) in [4.78, 5) is 11.7. The van der Waals surface area contributed by atoms with Crippen LogP contribution in [-0.2, 0) is 0 Å². The smallest absolute Gasteiger partial charge is 0.234 e. The van der Waals surface area contributed by atoms with Gasteiger partial charge in [0.2, 0.25) is 5.12 Å². The van der Waals surface area contributed by atoms with Gasteiger partial charge in [0, 0.05) is 30.6 Å². The van der Waals surface area contributed by atoms with Gasteiger partial charge in [0.25, 0.3) is 0 Å². The molecule has 74 valence electrons. The zero-order valence-corrected chi connectivity index (χ0v) is 8.80. The number of carbonyl (C=O) groups excluding carboxylic acids is 1. The summed E-state index contributed by atoms with van der Waals surface area (Å²) in [6, 6.07) is 9.46. The molecule has 2 rings (SSSR count). The highest BCUT2D eigenvalue weighted by Gasteiger charge is 2.16. The number of nitrogens with zero attached hydrogens (tertiary/aromatic N) is 1. The molecule has 1 aromatic carbocycles. The largest absolute Gasteiger partial charge is 0.280 e. The van der Waals surface area contributed by atoms with Crippen molar-refractivity contribution < 1.29 is 4.79 Å². The third kappa shape index (κ3) is 2.36. The molecular formula is C11H13NOS. The van der Waals surface area contributed by atoms with Gasteiger partial charge in [-0.1, -0.05) is 30.3 Å². The summed E-state index contributed by atoms with van der Waals surface area (Å²) in [7, 11) is 0. The molecule has 2 nitrogen and oxygen atoms in total. The molecule has 0 aliphatic carbocycles. The van der Waals surface area contributed by atoms with Gasteiger partial charge in [0.15, 0.2) is 0 Å². The predicted molar refractivity (Wildman–Crippen MR) is 59.2 cm³/mol. The molecule has 14 heavy (non-hydrogen) atoms. The Balaban J connectivity index is 1.95. The van der Waals surface area contributed by atoms with E-state index in [1.165, 1.54) is 24.8 Å². The van der Waals surface area contributed by atoms with E-state index < -0.39 is 0 Å². The molecule has 0 unspecified atom stereocenters. The average molecular weight is 207 g/mol. The predicted octanol–water partition coefficient (Wildman–Crippen LogP) is 2.57. The molecule has 1 aromatic rings. The van der Waals surface area contributed by atoms with E-state index in [0.29, 0.717) is 0 Å². The van der Waals surface area contributed by atoms with Crippen molar-refractivity contribution in [2.24, 2.45) is 0 Å². The first kappa shape index (κ1) is 9.74. The minimum atomic E-state index is 0.160. The number of hydrogen-bond acceptors (Lipinski definition) is 3. The molecule has 0 aromatic heterocycles. The first-order chi connectivity index (χ1) is 6.86. The molecular weight excluding hydrogens is 194 g/mol. The monoisotopic (exact) mass is 207 g/mol. The van der Waals surface area contributed by atoms with Crippen LogP contribution in [0.5, 0.6) is 0 Å². The van der Waals surface area contributed by atoms with E-state index in [-0.39, 0.29) is 5.12 Å². The summed E-state index contributed by atoms with van der Waals surface area (Å²) in [5.74, 6) is 0. The highest BCUT2D eigenvalue weighted by Crippen LogP contribution is 2.21. The summed E-state index contributed by atoms with van der Waals surface area (Å²) < 4.78 is 2.15. The fourth-order valence-electron chi connectivity index (χ4n) is 1.52. The average Bonchev–Trinajstić information content (AvgIpc) is 2.72. The second kappa shape index (κ2) is 4.62. The molecule has 0 spiro atoms. The maximum Gasteiger partial charge on any atom is 0.234 e. The third-order valence-electron chi connectivity index (χ3n) is 2.29. The van der Waals surface area contributed by atoms with Crippen LogP contribution in [0.15, 0.2) is 30.3 Å². The Labute approximate surface area is 88.4 Å². The third-order valence-corrected chi connectivity index (χ3v) is 3.31. The first-order valence-electron chi connectivity index (χ1n) is 4.88. The van der Waals surface area contributed by atoms with Gasteiger partial charge in [-0.2, -0.15) is 0 Å². The van der Waals surface area contributed by atoms with E-state index in [1.54, 1.807) is 0 Å². The minimum absolute atomic E-state index is 0.160. The zero-order chi connectivity index (χ0) is 9.80. The van der Waals surface area contributed by atoms with Gasteiger partial charge in [0.05, 0.1) is 0 Å². The Morgan fingerprint density at radius 1 is 1.14 bits per heavy atom. The normalized spacial score (nSPS) is 17.1. The number of rotatable bonds is 2. The Bertz CT molecular complexity index is 306. The van der Waals surface area contributed by atoms with Crippen molar-refractivity contribution in [3.63, 3.8) is 0 Å². The molecule has 1 aliphatic heterocycles. The van der Waals surface area contributed by atoms with Crippen LogP contribution in [0.4, 0.5) is 0 Å². The van der Waals surface area contributed by atoms with Crippen molar-refractivity contribution in [2.75, 3.05) is 13.1 Å². The standard InChI is InChI=1S/C11H13NOS/c13-11(10-6-2-1-3-7-10)14-12-8-4-5-9-12/h1-3,6-7H,4-5,8-9H2. The van der Waals surface area contributed by atoms with Crippen molar-refractivity contribution in [2.45, 2.75) is 12.8 Å². The van der Waals surface area contributed by atoms with Gasteiger partial charge >= 0.3 is 0 Å². The Morgan fingerprint density at radius 3 is 2.43 bits per heavy atom. The summed E-state index contributed by atoms with van der Waals surface area (Å²) in [6.07, 6.45) is 2.43. The van der Waals surface area contributed by atoms with Crippen molar-refractivity contribution >= 4 is 17.1 Å². The zero-order valence-electron chi connectivity index (χ0n) is 7.98. The fourth-order valence-corrected chi connectivity index (χ4v) is 2.44. The van der Waals surface area contributed by atoms with E-state index in [1.807, 2.05) is 30.3 Å². The molecule has 1 fully saturated rings. The van der Waals surface area contributed by atoms with E-state index in [2.05, 4.69) is 4.31 Å². The Kier molecular flexibility index (Phi) is 3.22. The quantitative estimate of drug-likeness (QED) is 0.695. The number of hydrogen-bond donors (Lipinski definition) is 0. The summed E-state index contributed by atoms with van der Waals surface area (Å²) in [5.41, 5.74) is 0.796. The fraction of sp³-hybridized carbons (Fsp3) is 0.364. The highest BCUT2D eigenvalue weighted by atomic mass is 32.2. The molecule has 1 saturated heterocycles. The lowest BCUT2D eigenvalue weighted by molar-refractivity contribution is 0.108. The SMILES string of the molecule is O=C(SN1CCCC1)c1ccccc1. The van der Waals surface area contributed by atoms with Crippen LogP contribution in [-0.4, -0.2) is 22.5 Å². The highest BCUT2D eigenvalue weighted by molar-refractivity contribution is 8.12. The molecule has 3 heteroatoms. The van der Waals surface area contributed by atoms with Crippen LogP contribution in [0.2, 0.25) is 0 Å². The molecule has 1 aliphatic rings. The topological polar surface area (TPSA) is 20.3 Å². The van der Waals surface area contributed by atoms with Gasteiger partial charge in [-0.05, 0) is 12.8 Å². The van der Waals surface area contributed by atoms with Crippen molar-refractivity contribution in [1.29, 1.82) is 0 Å². The lowest BCUT2D eigenvalue weighted by atomic mass is 10.2. The van der Waals surface area contributed by atoms with Crippen LogP contribution >= 0.6 is 11.9 Å². The second-order valence-electron chi connectivity index (χ2n) is 3.38. The Morgan fingerprint density at radius 2 is 1.79 bits per heavy atom. The van der Waals surface area contributed by atoms with Crippen LogP contribution in [0.25, 0.3) is 0 Å². The Hall–Kier alpha value is -0.800. The van der Waals surface area contributed by atoms with Gasteiger partial charge in [-0.3, -0.25) is 4.79 Å². The number of carbonyl (C=O) groups is 1. The van der Waals surface area contributed by atoms with Gasteiger partial charge < -0.3 is 0 Å². The molecule has 0 saturated carbocycles. The maximum absolute atomic E-state index is 11.7. The van der Waals surface area contributed by atoms with E-state index in [4.69, 9.17) is 0 Å². The second-order valence-corrected chi connectivity index (χ2v) is 4.45. The van der Waals surface area contributed by atoms with Crippen LogP contribution < -0.4 is 0 Å². The van der Waals surface area contributed by atoms with Crippen molar-refractivity contribution in [1.82, 2.24) is 4.31 Å². The number of benzene rings is 1. The van der Waals surface area contributed by atoms with E-state index in [9.17, 15) is 4.79 Å². The van der Waals surface area contributed by atoms with Crippen molar-refractivity contribution in [3.05, 3.63) is 35.9 Å². The van der Waals surface area contributed by atoms with Crippen LogP contribution in [0, 0.1) is 0 Å². The maximum atomic E-state index is 11.7. The van der Waals surface area contributed by atoms with Gasteiger partial charge in [0.1, 0.15) is 0 Å². The molecule has 1 heterocycles. The summed E-state index contributed by atoms with van der Waals surface area (Å²) in [6.45, 7) is 2.09. The molecule has 0 N–H and O–H groups in total. The van der Waals surface area contributed by atoms with Gasteiger partial charge in [-0.25, -0.2) is 4.31 Å². The van der Waals surface area contributed by atoms with Crippen LogP contribution in [0.1, 0.15) is 23.2 Å². The molecule has 0 radical (unpaired) electrons. The van der Waals surface area contributed by atoms with Gasteiger partial charge in [-0.15, -0.1) is 0 Å². The molecule has 0 amide bonds. The molecule has 0 atom stereocenters. The summed E-state index contributed by atoms with van der Waals surface area (Å²) >= 11 is 1.35. The van der Waals surface area contributed by atoms with Crippen molar-refractivity contribution in [3.8, 4) is 0 Å². The van der Waals surface area contributed by atoms with E-state index >= 15 is 0 Å². The van der Waals surface area contributed by atoms with Crippen LogP contribution in [0.3, 0.4) is 0 Å². The minimum Gasteiger partial charge on any atom is -0.280 e. The lowest BCUT2D eigenvalue weighted by Gasteiger charge is -2.11. The van der Waals surface area contributed by atoms with E-state index in [0.717, 1.165) is 18.7 Å².